The number of likely N-dealkylation sites (tertiary alicyclic amines) is 1. The first-order valence-corrected chi connectivity index (χ1v) is 4.84. The van der Waals surface area contributed by atoms with Crippen LogP contribution in [0, 0.1) is 17.8 Å². The van der Waals surface area contributed by atoms with Crippen LogP contribution in [0.1, 0.15) is 6.42 Å². The summed E-state index contributed by atoms with van der Waals surface area (Å²) in [6, 6.07) is 0. The fraction of sp³-hybridized carbons (Fsp3) is 0.889. The van der Waals surface area contributed by atoms with E-state index < -0.39 is 0 Å². The molecule has 2 saturated heterocycles. The maximum atomic E-state index is 11.7. The second-order valence-corrected chi connectivity index (χ2v) is 4.35. The minimum atomic E-state index is 0.308. The molecule has 3 nitrogen and oxygen atoms in total. The monoisotopic (exact) mass is 166 g/mol. The number of fused-ring (bicyclic) bond motifs is 1. The van der Waals surface area contributed by atoms with Crippen LogP contribution in [0.25, 0.3) is 0 Å². The van der Waals surface area contributed by atoms with Gasteiger partial charge in [-0.2, -0.15) is 0 Å². The van der Waals surface area contributed by atoms with Crippen molar-refractivity contribution in [2.24, 2.45) is 17.8 Å². The predicted molar refractivity (Wildman–Crippen MR) is 44.5 cm³/mol. The van der Waals surface area contributed by atoms with Gasteiger partial charge >= 0.3 is 0 Å². The average molecular weight is 166 g/mol. The van der Waals surface area contributed by atoms with Gasteiger partial charge in [-0.05, 0) is 18.3 Å². The molecular formula is C9H14N2O. The molecule has 0 aromatic heterocycles. The summed E-state index contributed by atoms with van der Waals surface area (Å²) < 4.78 is 0. The van der Waals surface area contributed by atoms with Gasteiger partial charge < -0.3 is 10.2 Å². The zero-order valence-corrected chi connectivity index (χ0v) is 7.12. The normalized spacial score (nSPS) is 39.2. The topological polar surface area (TPSA) is 32.3 Å². The first-order valence-electron chi connectivity index (χ1n) is 4.84. The van der Waals surface area contributed by atoms with E-state index in [1.165, 1.54) is 6.42 Å². The van der Waals surface area contributed by atoms with Crippen molar-refractivity contribution in [3.63, 3.8) is 0 Å². The number of hydrogen-bond acceptors (Lipinski definition) is 2. The van der Waals surface area contributed by atoms with Crippen LogP contribution in [0.3, 0.4) is 0 Å². The number of rotatable bonds is 1. The van der Waals surface area contributed by atoms with Crippen LogP contribution < -0.4 is 5.32 Å². The van der Waals surface area contributed by atoms with Gasteiger partial charge in [0.05, 0.1) is 5.92 Å². The number of carbonyl (C=O) groups excluding carboxylic acids is 1. The molecule has 0 aromatic rings. The molecule has 0 aromatic carbocycles. The average Bonchev–Trinajstić information content (AvgIpc) is 2.55. The highest BCUT2D eigenvalue weighted by atomic mass is 16.2. The lowest BCUT2D eigenvalue weighted by molar-refractivity contribution is -0.136. The van der Waals surface area contributed by atoms with Crippen LogP contribution in [0.4, 0.5) is 0 Å². The summed E-state index contributed by atoms with van der Waals surface area (Å²) in [6.45, 7) is 3.93. The van der Waals surface area contributed by atoms with E-state index in [0.717, 1.165) is 38.0 Å². The van der Waals surface area contributed by atoms with Crippen LogP contribution in [0.2, 0.25) is 0 Å². The minimum absolute atomic E-state index is 0.308. The molecule has 0 spiro atoms. The van der Waals surface area contributed by atoms with Crippen LogP contribution in [-0.2, 0) is 4.79 Å². The molecule has 3 rings (SSSR count). The van der Waals surface area contributed by atoms with E-state index in [9.17, 15) is 4.79 Å². The summed E-state index contributed by atoms with van der Waals surface area (Å²) >= 11 is 0. The third kappa shape index (κ3) is 0.891. The Hall–Kier alpha value is -0.570. The van der Waals surface area contributed by atoms with Gasteiger partial charge in [-0.1, -0.05) is 0 Å². The maximum absolute atomic E-state index is 11.7. The van der Waals surface area contributed by atoms with Crippen LogP contribution in [0.5, 0.6) is 0 Å². The van der Waals surface area contributed by atoms with E-state index in [2.05, 4.69) is 10.2 Å². The lowest BCUT2D eigenvalue weighted by Crippen LogP contribution is -2.51. The molecule has 0 radical (unpaired) electrons. The van der Waals surface area contributed by atoms with Crippen molar-refractivity contribution in [3.05, 3.63) is 0 Å². The van der Waals surface area contributed by atoms with Gasteiger partial charge in [0.2, 0.25) is 5.91 Å². The van der Waals surface area contributed by atoms with Gasteiger partial charge in [0.15, 0.2) is 0 Å². The Balaban J connectivity index is 1.61. The lowest BCUT2D eigenvalue weighted by Gasteiger charge is -2.30. The molecule has 2 atom stereocenters. The molecule has 1 amide bonds. The highest BCUT2D eigenvalue weighted by Crippen LogP contribution is 2.45. The Morgan fingerprint density at radius 1 is 1.25 bits per heavy atom. The molecule has 1 saturated carbocycles. The molecule has 66 valence electrons. The Bertz CT molecular complexity index is 215. The zero-order chi connectivity index (χ0) is 8.13. The van der Waals surface area contributed by atoms with E-state index in [0.29, 0.717) is 11.8 Å². The Morgan fingerprint density at radius 3 is 2.42 bits per heavy atom. The number of carbonyl (C=O) groups is 1. The van der Waals surface area contributed by atoms with Crippen LogP contribution in [-0.4, -0.2) is 37.0 Å². The van der Waals surface area contributed by atoms with Crippen molar-refractivity contribution in [1.82, 2.24) is 10.2 Å². The number of piperidine rings is 1. The first kappa shape index (κ1) is 6.89. The largest absolute Gasteiger partial charge is 0.342 e. The van der Waals surface area contributed by atoms with Crippen molar-refractivity contribution in [3.8, 4) is 0 Å². The third-order valence-corrected chi connectivity index (χ3v) is 3.42. The molecule has 12 heavy (non-hydrogen) atoms. The summed E-state index contributed by atoms with van der Waals surface area (Å²) in [7, 11) is 0. The van der Waals surface area contributed by atoms with Gasteiger partial charge in [0.25, 0.3) is 0 Å². The van der Waals surface area contributed by atoms with E-state index in [-0.39, 0.29) is 0 Å². The molecule has 2 heterocycles. The summed E-state index contributed by atoms with van der Waals surface area (Å²) in [5.74, 6) is 2.47. The van der Waals surface area contributed by atoms with Crippen molar-refractivity contribution >= 4 is 5.91 Å². The number of amides is 1. The fourth-order valence-corrected chi connectivity index (χ4v) is 2.30. The zero-order valence-electron chi connectivity index (χ0n) is 7.12. The SMILES string of the molecule is O=C(C1CNC1)N1CC2CC2C1. The van der Waals surface area contributed by atoms with Crippen LogP contribution in [0.15, 0.2) is 0 Å². The smallest absolute Gasteiger partial charge is 0.228 e. The van der Waals surface area contributed by atoms with Gasteiger partial charge in [0, 0.05) is 26.2 Å². The van der Waals surface area contributed by atoms with Crippen LogP contribution >= 0.6 is 0 Å². The lowest BCUT2D eigenvalue weighted by atomic mass is 10.0. The summed E-state index contributed by atoms with van der Waals surface area (Å²) in [6.07, 6.45) is 1.38. The molecule has 0 bridgehead atoms. The minimum Gasteiger partial charge on any atom is -0.342 e. The highest BCUT2D eigenvalue weighted by molar-refractivity contribution is 5.80. The third-order valence-electron chi connectivity index (χ3n) is 3.42. The van der Waals surface area contributed by atoms with Gasteiger partial charge in [-0.3, -0.25) is 4.79 Å². The Labute approximate surface area is 72.1 Å². The van der Waals surface area contributed by atoms with Gasteiger partial charge in [0.1, 0.15) is 0 Å². The van der Waals surface area contributed by atoms with Gasteiger partial charge in [-0.15, -0.1) is 0 Å². The van der Waals surface area contributed by atoms with Gasteiger partial charge in [-0.25, -0.2) is 0 Å². The summed E-state index contributed by atoms with van der Waals surface area (Å²) in [5.41, 5.74) is 0. The molecule has 2 unspecified atom stereocenters. The standard InChI is InChI=1S/C9H14N2O/c12-9(8-2-10-3-8)11-4-6-1-7(6)5-11/h6-8,10H,1-5H2. The molecule has 3 heteroatoms. The number of hydrogen-bond donors (Lipinski definition) is 1. The number of nitrogens with zero attached hydrogens (tertiary/aromatic N) is 1. The van der Waals surface area contributed by atoms with E-state index in [4.69, 9.17) is 0 Å². The molecule has 1 N–H and O–H groups in total. The number of nitrogens with one attached hydrogen (secondary N) is 1. The van der Waals surface area contributed by atoms with E-state index in [1.54, 1.807) is 0 Å². The molecule has 3 fully saturated rings. The molecule has 2 aliphatic heterocycles. The van der Waals surface area contributed by atoms with E-state index >= 15 is 0 Å². The molecule has 3 aliphatic rings. The fourth-order valence-electron chi connectivity index (χ4n) is 2.30. The van der Waals surface area contributed by atoms with Crippen molar-refractivity contribution in [1.29, 1.82) is 0 Å². The van der Waals surface area contributed by atoms with E-state index in [1.807, 2.05) is 0 Å². The second-order valence-electron chi connectivity index (χ2n) is 4.35. The summed E-state index contributed by atoms with van der Waals surface area (Å²) in [4.78, 5) is 13.8. The van der Waals surface area contributed by atoms with Crippen molar-refractivity contribution in [2.75, 3.05) is 26.2 Å². The maximum Gasteiger partial charge on any atom is 0.228 e. The molecule has 1 aliphatic carbocycles. The molecular weight excluding hydrogens is 152 g/mol. The Morgan fingerprint density at radius 2 is 1.92 bits per heavy atom. The predicted octanol–water partition coefficient (Wildman–Crippen LogP) is -0.316. The quantitative estimate of drug-likeness (QED) is 0.579. The highest BCUT2D eigenvalue weighted by Gasteiger charge is 2.47. The second kappa shape index (κ2) is 2.22. The van der Waals surface area contributed by atoms with Crippen molar-refractivity contribution in [2.45, 2.75) is 6.42 Å². The van der Waals surface area contributed by atoms with Crippen molar-refractivity contribution < 1.29 is 4.79 Å². The Kier molecular flexibility index (Phi) is 1.28. The summed E-state index contributed by atoms with van der Waals surface area (Å²) in [5, 5.41) is 3.14. The first-order chi connectivity index (χ1) is 5.84.